The summed E-state index contributed by atoms with van der Waals surface area (Å²) < 4.78 is 5.46. The summed E-state index contributed by atoms with van der Waals surface area (Å²) in [6, 6.07) is 3.55. The molecule has 0 aliphatic carbocycles. The van der Waals surface area contributed by atoms with Gasteiger partial charge in [0.25, 0.3) is 0 Å². The zero-order chi connectivity index (χ0) is 12.7. The molecular weight excluding hydrogens is 218 g/mol. The first kappa shape index (κ1) is 13.3. The molecule has 0 radical (unpaired) electrons. The van der Waals surface area contributed by atoms with E-state index in [4.69, 9.17) is 4.42 Å². The quantitative estimate of drug-likeness (QED) is 0.758. The Kier molecular flexibility index (Phi) is 5.31. The molecule has 17 heavy (non-hydrogen) atoms. The van der Waals surface area contributed by atoms with E-state index in [1.165, 1.54) is 6.92 Å². The summed E-state index contributed by atoms with van der Waals surface area (Å²) in [5.74, 6) is 6.85. The van der Waals surface area contributed by atoms with Crippen LogP contribution < -0.4 is 5.32 Å². The molecular formula is C13H17NO3. The topological polar surface area (TPSA) is 62.5 Å². The predicted octanol–water partition coefficient (Wildman–Crippen LogP) is 1.40. The van der Waals surface area contributed by atoms with E-state index in [-0.39, 0.29) is 12.5 Å². The molecule has 0 unspecified atom stereocenters. The van der Waals surface area contributed by atoms with E-state index >= 15 is 0 Å². The molecule has 1 amide bonds. The predicted molar refractivity (Wildman–Crippen MR) is 64.1 cm³/mol. The summed E-state index contributed by atoms with van der Waals surface area (Å²) in [6.07, 6.45) is 0.670. The molecule has 1 aromatic heterocycles. The average molecular weight is 235 g/mol. The van der Waals surface area contributed by atoms with E-state index in [9.17, 15) is 9.90 Å². The first-order chi connectivity index (χ1) is 8.13. The van der Waals surface area contributed by atoms with E-state index in [1.54, 1.807) is 13.0 Å². The fourth-order valence-electron chi connectivity index (χ4n) is 1.36. The number of aliphatic hydroxyl groups is 1. The third kappa shape index (κ3) is 4.75. The van der Waals surface area contributed by atoms with Crippen LogP contribution in [0.2, 0.25) is 0 Å². The molecule has 4 nitrogen and oxygen atoms in total. The van der Waals surface area contributed by atoms with Gasteiger partial charge in [0.2, 0.25) is 5.91 Å². The lowest BCUT2D eigenvalue weighted by Crippen LogP contribution is -2.25. The van der Waals surface area contributed by atoms with Gasteiger partial charge in [-0.2, -0.15) is 0 Å². The van der Waals surface area contributed by atoms with Gasteiger partial charge in [-0.3, -0.25) is 4.79 Å². The molecule has 1 heterocycles. The number of furan rings is 1. The number of carbonyl (C=O) groups excluding carboxylic acids is 1. The Morgan fingerprint density at radius 1 is 1.59 bits per heavy atom. The molecule has 92 valence electrons. The third-order valence-corrected chi connectivity index (χ3v) is 2.23. The maximum Gasteiger partial charge on any atom is 0.216 e. The lowest BCUT2D eigenvalue weighted by molar-refractivity contribution is -0.119. The summed E-state index contributed by atoms with van der Waals surface area (Å²) in [5, 5.41) is 12.3. The molecule has 0 saturated carbocycles. The van der Waals surface area contributed by atoms with Crippen molar-refractivity contribution in [2.45, 2.75) is 32.8 Å². The van der Waals surface area contributed by atoms with Gasteiger partial charge in [-0.05, 0) is 19.1 Å². The van der Waals surface area contributed by atoms with Crippen molar-refractivity contribution < 1.29 is 14.3 Å². The van der Waals surface area contributed by atoms with Crippen molar-refractivity contribution >= 4 is 5.91 Å². The summed E-state index contributed by atoms with van der Waals surface area (Å²) in [7, 11) is 0. The number of amides is 1. The van der Waals surface area contributed by atoms with Crippen molar-refractivity contribution in [3.63, 3.8) is 0 Å². The van der Waals surface area contributed by atoms with Crippen molar-refractivity contribution in [1.82, 2.24) is 5.32 Å². The molecule has 0 saturated heterocycles. The standard InChI is InChI=1S/C13H17NO3/c1-3-4-5-6-11-7-8-13(17-11)12(16)9-14-10(2)15/h7-8,12,16H,5-6,9H2,1-2H3,(H,14,15)/t12-/m0/s1. The first-order valence-corrected chi connectivity index (χ1v) is 5.54. The Hall–Kier alpha value is -1.73. The smallest absolute Gasteiger partial charge is 0.216 e. The summed E-state index contributed by atoms with van der Waals surface area (Å²) in [5.41, 5.74) is 0. The Balaban J connectivity index is 2.47. The van der Waals surface area contributed by atoms with Crippen LogP contribution in [0.5, 0.6) is 0 Å². The number of hydrogen-bond acceptors (Lipinski definition) is 3. The maximum atomic E-state index is 10.7. The highest BCUT2D eigenvalue weighted by atomic mass is 16.4. The van der Waals surface area contributed by atoms with Crippen LogP contribution in [0, 0.1) is 11.8 Å². The van der Waals surface area contributed by atoms with Gasteiger partial charge in [0.05, 0.1) is 6.54 Å². The van der Waals surface area contributed by atoms with E-state index in [0.717, 1.165) is 18.6 Å². The van der Waals surface area contributed by atoms with Gasteiger partial charge in [-0.15, -0.1) is 11.8 Å². The molecule has 0 fully saturated rings. The number of rotatable bonds is 5. The second-order valence-electron chi connectivity index (χ2n) is 3.68. The van der Waals surface area contributed by atoms with Crippen LogP contribution in [0.1, 0.15) is 37.9 Å². The molecule has 1 atom stereocenters. The van der Waals surface area contributed by atoms with Crippen molar-refractivity contribution in [2.24, 2.45) is 0 Å². The number of carbonyl (C=O) groups is 1. The van der Waals surface area contributed by atoms with Gasteiger partial charge < -0.3 is 14.8 Å². The largest absolute Gasteiger partial charge is 0.463 e. The van der Waals surface area contributed by atoms with Gasteiger partial charge in [0, 0.05) is 19.8 Å². The van der Waals surface area contributed by atoms with Crippen LogP contribution in [0.4, 0.5) is 0 Å². The summed E-state index contributed by atoms with van der Waals surface area (Å²) >= 11 is 0. The van der Waals surface area contributed by atoms with Gasteiger partial charge in [0.1, 0.15) is 17.6 Å². The lowest BCUT2D eigenvalue weighted by Gasteiger charge is -2.07. The molecule has 1 rings (SSSR count). The van der Waals surface area contributed by atoms with Gasteiger partial charge in [0.15, 0.2) is 0 Å². The van der Waals surface area contributed by atoms with Crippen LogP contribution in [0.15, 0.2) is 16.5 Å². The number of hydrogen-bond donors (Lipinski definition) is 2. The highest BCUT2D eigenvalue weighted by Crippen LogP contribution is 2.16. The van der Waals surface area contributed by atoms with Crippen molar-refractivity contribution in [3.8, 4) is 11.8 Å². The third-order valence-electron chi connectivity index (χ3n) is 2.23. The number of nitrogens with one attached hydrogen (secondary N) is 1. The van der Waals surface area contributed by atoms with Crippen molar-refractivity contribution in [2.75, 3.05) is 6.54 Å². The second-order valence-corrected chi connectivity index (χ2v) is 3.68. The molecule has 1 aromatic rings. The Morgan fingerprint density at radius 2 is 2.35 bits per heavy atom. The van der Waals surface area contributed by atoms with Gasteiger partial charge in [-0.25, -0.2) is 0 Å². The van der Waals surface area contributed by atoms with Crippen LogP contribution in [0.25, 0.3) is 0 Å². The molecule has 0 spiro atoms. The minimum atomic E-state index is -0.801. The second kappa shape index (κ2) is 6.77. The molecule has 0 aromatic carbocycles. The minimum absolute atomic E-state index is 0.164. The normalized spacial score (nSPS) is 11.5. The van der Waals surface area contributed by atoms with Crippen LogP contribution in [-0.4, -0.2) is 17.6 Å². The van der Waals surface area contributed by atoms with Crippen molar-refractivity contribution in [3.05, 3.63) is 23.7 Å². The number of aryl methyl sites for hydroxylation is 1. The summed E-state index contributed by atoms with van der Waals surface area (Å²) in [6.45, 7) is 3.37. The van der Waals surface area contributed by atoms with Crippen molar-refractivity contribution in [1.29, 1.82) is 0 Å². The Morgan fingerprint density at radius 3 is 3.00 bits per heavy atom. The highest BCUT2D eigenvalue weighted by Gasteiger charge is 2.12. The zero-order valence-electron chi connectivity index (χ0n) is 10.1. The Bertz CT molecular complexity index is 425. The fourth-order valence-corrected chi connectivity index (χ4v) is 1.36. The maximum absolute atomic E-state index is 10.7. The number of aliphatic hydroxyl groups excluding tert-OH is 1. The molecule has 0 aliphatic rings. The molecule has 0 aliphatic heterocycles. The SMILES string of the molecule is CC#CCCc1ccc([C@@H](O)CNC(C)=O)o1. The van der Waals surface area contributed by atoms with E-state index in [0.29, 0.717) is 5.76 Å². The van der Waals surface area contributed by atoms with Gasteiger partial charge >= 0.3 is 0 Å². The average Bonchev–Trinajstić information content (AvgIpc) is 2.75. The van der Waals surface area contributed by atoms with Crippen LogP contribution in [0.3, 0.4) is 0 Å². The zero-order valence-corrected chi connectivity index (χ0v) is 10.1. The molecule has 0 bridgehead atoms. The highest BCUT2D eigenvalue weighted by molar-refractivity contribution is 5.72. The van der Waals surface area contributed by atoms with E-state index in [2.05, 4.69) is 17.2 Å². The van der Waals surface area contributed by atoms with E-state index < -0.39 is 6.10 Å². The summed E-state index contributed by atoms with van der Waals surface area (Å²) in [4.78, 5) is 10.7. The fraction of sp³-hybridized carbons (Fsp3) is 0.462. The first-order valence-electron chi connectivity index (χ1n) is 5.54. The Labute approximate surface area is 101 Å². The monoisotopic (exact) mass is 235 g/mol. The molecule has 4 heteroatoms. The van der Waals surface area contributed by atoms with Gasteiger partial charge in [-0.1, -0.05) is 0 Å². The van der Waals surface area contributed by atoms with Crippen LogP contribution >= 0.6 is 0 Å². The minimum Gasteiger partial charge on any atom is -0.463 e. The van der Waals surface area contributed by atoms with Crippen LogP contribution in [-0.2, 0) is 11.2 Å². The lowest BCUT2D eigenvalue weighted by atomic mass is 10.2. The van der Waals surface area contributed by atoms with E-state index in [1.807, 2.05) is 6.07 Å². The molecule has 2 N–H and O–H groups in total.